The highest BCUT2D eigenvalue weighted by atomic mass is 32.2. The zero-order valence-corrected chi connectivity index (χ0v) is 15.8. The Hall–Kier alpha value is -2.64. The second-order valence-electron chi connectivity index (χ2n) is 5.70. The maximum Gasteiger partial charge on any atom is 0.266 e. The molecule has 1 aliphatic rings. The SMILES string of the molecule is COCCN1C(=O)/C(=C/c2ccc(F)cc2)SC1=Nc1ccc(OC)cc1. The molecule has 140 valence electrons. The van der Waals surface area contributed by atoms with Gasteiger partial charge < -0.3 is 9.47 Å². The molecular weight excluding hydrogens is 367 g/mol. The topological polar surface area (TPSA) is 51.1 Å². The van der Waals surface area contributed by atoms with Crippen LogP contribution in [0.3, 0.4) is 0 Å². The Morgan fingerprint density at radius 1 is 1.11 bits per heavy atom. The van der Waals surface area contributed by atoms with Crippen molar-refractivity contribution in [3.05, 3.63) is 64.8 Å². The lowest BCUT2D eigenvalue weighted by Gasteiger charge is -2.14. The molecule has 0 aromatic heterocycles. The number of aliphatic imine (C=N–C) groups is 1. The minimum atomic E-state index is -0.314. The molecule has 0 unspecified atom stereocenters. The van der Waals surface area contributed by atoms with E-state index < -0.39 is 0 Å². The Morgan fingerprint density at radius 3 is 2.44 bits per heavy atom. The summed E-state index contributed by atoms with van der Waals surface area (Å²) in [5.74, 6) is 0.280. The van der Waals surface area contributed by atoms with Gasteiger partial charge >= 0.3 is 0 Å². The molecule has 1 amide bonds. The first-order valence-corrected chi connectivity index (χ1v) is 9.11. The van der Waals surface area contributed by atoms with Crippen molar-refractivity contribution in [2.24, 2.45) is 4.99 Å². The minimum Gasteiger partial charge on any atom is -0.497 e. The largest absolute Gasteiger partial charge is 0.497 e. The van der Waals surface area contributed by atoms with E-state index in [9.17, 15) is 9.18 Å². The summed E-state index contributed by atoms with van der Waals surface area (Å²) in [5, 5.41) is 0.579. The van der Waals surface area contributed by atoms with E-state index in [-0.39, 0.29) is 11.7 Å². The molecule has 3 rings (SSSR count). The molecule has 1 fully saturated rings. The number of amidine groups is 1. The molecule has 0 aliphatic carbocycles. The predicted molar refractivity (Wildman–Crippen MR) is 106 cm³/mol. The Kier molecular flexibility index (Phi) is 6.26. The van der Waals surface area contributed by atoms with Crippen molar-refractivity contribution in [2.45, 2.75) is 0 Å². The molecule has 5 nitrogen and oxygen atoms in total. The van der Waals surface area contributed by atoms with E-state index in [1.54, 1.807) is 37.3 Å². The standard InChI is InChI=1S/C20H19FN2O3S/c1-25-12-11-23-19(24)18(13-14-3-5-15(21)6-4-14)27-20(23)22-16-7-9-17(26-2)10-8-16/h3-10,13H,11-12H2,1-2H3/b18-13-,22-20?. The Bertz CT molecular complexity index is 864. The van der Waals surface area contributed by atoms with Gasteiger partial charge in [0.1, 0.15) is 11.6 Å². The van der Waals surface area contributed by atoms with Gasteiger partial charge in [-0.1, -0.05) is 12.1 Å². The first-order valence-electron chi connectivity index (χ1n) is 8.29. The van der Waals surface area contributed by atoms with E-state index in [0.717, 1.165) is 17.0 Å². The number of ether oxygens (including phenoxy) is 2. The summed E-state index contributed by atoms with van der Waals surface area (Å²) in [6.07, 6.45) is 1.74. The zero-order chi connectivity index (χ0) is 19.2. The normalized spacial score (nSPS) is 17.1. The fourth-order valence-corrected chi connectivity index (χ4v) is 3.47. The molecule has 27 heavy (non-hydrogen) atoms. The van der Waals surface area contributed by atoms with Crippen LogP contribution in [0.5, 0.6) is 5.75 Å². The highest BCUT2D eigenvalue weighted by Crippen LogP contribution is 2.34. The molecule has 7 heteroatoms. The summed E-state index contributed by atoms with van der Waals surface area (Å²) in [6, 6.07) is 13.3. The molecule has 0 radical (unpaired) electrons. The van der Waals surface area contributed by atoms with Crippen molar-refractivity contribution in [2.75, 3.05) is 27.4 Å². The summed E-state index contributed by atoms with van der Waals surface area (Å²) < 4.78 is 23.4. The van der Waals surface area contributed by atoms with Gasteiger partial charge in [-0.05, 0) is 59.8 Å². The number of amides is 1. The number of methoxy groups -OCH3 is 2. The number of halogens is 1. The van der Waals surface area contributed by atoms with Crippen LogP contribution in [0, 0.1) is 5.82 Å². The number of hydrogen-bond acceptors (Lipinski definition) is 5. The van der Waals surface area contributed by atoms with Gasteiger partial charge in [-0.15, -0.1) is 0 Å². The number of nitrogens with zero attached hydrogens (tertiary/aromatic N) is 2. The lowest BCUT2D eigenvalue weighted by atomic mass is 10.2. The third-order valence-electron chi connectivity index (χ3n) is 3.87. The molecule has 2 aromatic rings. The average molecular weight is 386 g/mol. The fraction of sp³-hybridized carbons (Fsp3) is 0.200. The summed E-state index contributed by atoms with van der Waals surface area (Å²) in [7, 11) is 3.19. The highest BCUT2D eigenvalue weighted by Gasteiger charge is 2.33. The summed E-state index contributed by atoms with van der Waals surface area (Å²) >= 11 is 1.29. The van der Waals surface area contributed by atoms with Crippen molar-refractivity contribution in [3.8, 4) is 5.75 Å². The lowest BCUT2D eigenvalue weighted by Crippen LogP contribution is -2.32. The minimum absolute atomic E-state index is 0.145. The predicted octanol–water partition coefficient (Wildman–Crippen LogP) is 4.08. The number of carbonyl (C=O) groups excluding carboxylic acids is 1. The Labute approximate surface area is 161 Å². The van der Waals surface area contributed by atoms with E-state index >= 15 is 0 Å². The molecule has 2 aromatic carbocycles. The van der Waals surface area contributed by atoms with Crippen molar-refractivity contribution in [1.29, 1.82) is 0 Å². The Balaban J connectivity index is 1.89. The molecule has 1 aliphatic heterocycles. The number of carbonyl (C=O) groups is 1. The number of rotatable bonds is 6. The van der Waals surface area contributed by atoms with Crippen LogP contribution < -0.4 is 4.74 Å². The van der Waals surface area contributed by atoms with E-state index in [4.69, 9.17) is 9.47 Å². The van der Waals surface area contributed by atoms with Crippen LogP contribution >= 0.6 is 11.8 Å². The first-order chi connectivity index (χ1) is 13.1. The molecule has 0 saturated carbocycles. The van der Waals surface area contributed by atoms with Crippen molar-refractivity contribution < 1.29 is 18.7 Å². The highest BCUT2D eigenvalue weighted by molar-refractivity contribution is 8.18. The van der Waals surface area contributed by atoms with Gasteiger partial charge in [0.15, 0.2) is 5.17 Å². The first kappa shape index (κ1) is 19.1. The zero-order valence-electron chi connectivity index (χ0n) is 15.0. The average Bonchev–Trinajstić information content (AvgIpc) is 2.97. The van der Waals surface area contributed by atoms with Gasteiger partial charge in [-0.25, -0.2) is 9.38 Å². The monoisotopic (exact) mass is 386 g/mol. The molecule has 0 N–H and O–H groups in total. The van der Waals surface area contributed by atoms with Gasteiger partial charge in [0.2, 0.25) is 0 Å². The van der Waals surface area contributed by atoms with Crippen LogP contribution in [0.2, 0.25) is 0 Å². The van der Waals surface area contributed by atoms with Crippen LogP contribution in [0.25, 0.3) is 6.08 Å². The van der Waals surface area contributed by atoms with Crippen LogP contribution in [0.15, 0.2) is 58.4 Å². The number of hydrogen-bond donors (Lipinski definition) is 0. The van der Waals surface area contributed by atoms with E-state index in [1.807, 2.05) is 24.3 Å². The maximum atomic E-state index is 13.1. The van der Waals surface area contributed by atoms with Gasteiger partial charge in [0.25, 0.3) is 5.91 Å². The summed E-state index contributed by atoms with van der Waals surface area (Å²) in [4.78, 5) is 19.5. The third kappa shape index (κ3) is 4.75. The van der Waals surface area contributed by atoms with Crippen molar-refractivity contribution >= 4 is 34.6 Å². The third-order valence-corrected chi connectivity index (χ3v) is 4.88. The van der Waals surface area contributed by atoms with E-state index in [1.165, 1.54) is 23.9 Å². The molecular formula is C20H19FN2O3S. The lowest BCUT2D eigenvalue weighted by molar-refractivity contribution is -0.122. The van der Waals surface area contributed by atoms with E-state index in [2.05, 4.69) is 4.99 Å². The molecule has 0 atom stereocenters. The van der Waals surface area contributed by atoms with Gasteiger partial charge in [0, 0.05) is 7.11 Å². The summed E-state index contributed by atoms with van der Waals surface area (Å²) in [5.41, 5.74) is 1.47. The van der Waals surface area contributed by atoms with Crippen LogP contribution in [0.1, 0.15) is 5.56 Å². The second-order valence-corrected chi connectivity index (χ2v) is 6.71. The number of thioether (sulfide) groups is 1. The molecule has 0 spiro atoms. The molecule has 1 heterocycles. The molecule has 0 bridgehead atoms. The van der Waals surface area contributed by atoms with Gasteiger partial charge in [-0.3, -0.25) is 9.69 Å². The van der Waals surface area contributed by atoms with Crippen LogP contribution in [0.4, 0.5) is 10.1 Å². The van der Waals surface area contributed by atoms with Crippen LogP contribution in [-0.2, 0) is 9.53 Å². The van der Waals surface area contributed by atoms with Crippen molar-refractivity contribution in [1.82, 2.24) is 4.90 Å². The van der Waals surface area contributed by atoms with Gasteiger partial charge in [-0.2, -0.15) is 0 Å². The smallest absolute Gasteiger partial charge is 0.266 e. The maximum absolute atomic E-state index is 13.1. The molecule has 1 saturated heterocycles. The van der Waals surface area contributed by atoms with Crippen LogP contribution in [-0.4, -0.2) is 43.3 Å². The second kappa shape index (κ2) is 8.83. The van der Waals surface area contributed by atoms with Gasteiger partial charge in [0.05, 0.1) is 30.9 Å². The summed E-state index contributed by atoms with van der Waals surface area (Å²) in [6.45, 7) is 0.801. The van der Waals surface area contributed by atoms with E-state index in [0.29, 0.717) is 23.2 Å². The van der Waals surface area contributed by atoms with Crippen molar-refractivity contribution in [3.63, 3.8) is 0 Å². The quantitative estimate of drug-likeness (QED) is 0.702. The Morgan fingerprint density at radius 2 is 1.81 bits per heavy atom. The fourth-order valence-electron chi connectivity index (χ4n) is 2.45. The number of benzene rings is 2.